The van der Waals surface area contributed by atoms with Gasteiger partial charge in [-0.1, -0.05) is 0 Å². The lowest BCUT2D eigenvalue weighted by Crippen LogP contribution is -2.29. The Morgan fingerprint density at radius 1 is 1.64 bits per heavy atom. The van der Waals surface area contributed by atoms with Crippen LogP contribution in [0.1, 0.15) is 12.8 Å². The number of rotatable bonds is 1. The van der Waals surface area contributed by atoms with Gasteiger partial charge < -0.3 is 15.6 Å². The Balaban J connectivity index is 0.000000292. The van der Waals surface area contributed by atoms with Crippen molar-refractivity contribution >= 4 is 5.97 Å². The van der Waals surface area contributed by atoms with E-state index in [0.717, 1.165) is 19.4 Å². The third-order valence-corrected chi connectivity index (χ3v) is 1.36. The van der Waals surface area contributed by atoms with Crippen molar-refractivity contribution in [1.29, 1.82) is 0 Å². The zero-order valence-electron chi connectivity index (χ0n) is 5.86. The van der Waals surface area contributed by atoms with Crippen molar-refractivity contribution in [3.63, 3.8) is 0 Å². The summed E-state index contributed by atoms with van der Waals surface area (Å²) in [6, 6.07) is -0.269. The third kappa shape index (κ3) is 4.26. The first kappa shape index (κ1) is 9.83. The molecule has 6 nitrogen and oxygen atoms in total. The van der Waals surface area contributed by atoms with Crippen LogP contribution < -0.4 is 5.32 Å². The molecule has 0 aliphatic carbocycles. The average Bonchev–Trinajstić information content (AvgIpc) is 2.38. The van der Waals surface area contributed by atoms with Crippen molar-refractivity contribution in [2.24, 2.45) is 5.34 Å². The summed E-state index contributed by atoms with van der Waals surface area (Å²) in [5.74, 6) is -0.720. The molecule has 11 heavy (non-hydrogen) atoms. The molecule has 0 radical (unpaired) electrons. The lowest BCUT2D eigenvalue weighted by Gasteiger charge is -1.99. The number of nitrogens with one attached hydrogen (secondary N) is 1. The van der Waals surface area contributed by atoms with Crippen molar-refractivity contribution in [3.8, 4) is 0 Å². The second-order valence-electron chi connectivity index (χ2n) is 2.07. The van der Waals surface area contributed by atoms with Crippen LogP contribution in [0.3, 0.4) is 0 Å². The topological polar surface area (TPSA) is 99.0 Å². The van der Waals surface area contributed by atoms with Crippen LogP contribution in [0.4, 0.5) is 0 Å². The molecule has 1 fully saturated rings. The predicted molar refractivity (Wildman–Crippen MR) is 36.2 cm³/mol. The van der Waals surface area contributed by atoms with Crippen LogP contribution in [0.25, 0.3) is 0 Å². The lowest BCUT2D eigenvalue weighted by molar-refractivity contribution is -0.139. The van der Waals surface area contributed by atoms with Crippen LogP contribution in [0.5, 0.6) is 0 Å². The molecule has 0 spiro atoms. The Labute approximate surface area is 63.1 Å². The van der Waals surface area contributed by atoms with Crippen molar-refractivity contribution < 1.29 is 15.1 Å². The molecular weight excluding hydrogens is 152 g/mol. The molecule has 64 valence electrons. The number of carbonyl (C=O) groups is 1. The van der Waals surface area contributed by atoms with Crippen LogP contribution in [-0.4, -0.2) is 28.9 Å². The van der Waals surface area contributed by atoms with Gasteiger partial charge in [-0.2, -0.15) is 0 Å². The molecule has 0 aromatic carbocycles. The largest absolute Gasteiger partial charge is 0.480 e. The minimum Gasteiger partial charge on any atom is -0.480 e. The number of hydrogen-bond donors (Lipinski definition) is 3. The van der Waals surface area contributed by atoms with Crippen molar-refractivity contribution in [2.75, 3.05) is 6.54 Å². The molecule has 0 aromatic rings. The summed E-state index contributed by atoms with van der Waals surface area (Å²) < 4.78 is 0. The maximum absolute atomic E-state index is 10.1. The maximum Gasteiger partial charge on any atom is 0.320 e. The monoisotopic (exact) mass is 162 g/mol. The molecule has 0 bridgehead atoms. The molecule has 1 aliphatic heterocycles. The number of carboxylic acids is 1. The van der Waals surface area contributed by atoms with Crippen LogP contribution in [0.15, 0.2) is 5.34 Å². The molecule has 6 heteroatoms. The highest BCUT2D eigenvalue weighted by atomic mass is 16.6. The quantitative estimate of drug-likeness (QED) is 0.371. The fourth-order valence-electron chi connectivity index (χ4n) is 0.895. The summed E-state index contributed by atoms with van der Waals surface area (Å²) in [6.45, 7) is 0.858. The Morgan fingerprint density at radius 2 is 2.18 bits per heavy atom. The van der Waals surface area contributed by atoms with E-state index >= 15 is 0 Å². The third-order valence-electron chi connectivity index (χ3n) is 1.36. The van der Waals surface area contributed by atoms with Crippen molar-refractivity contribution in [2.45, 2.75) is 18.9 Å². The minimum absolute atomic E-state index is 0.269. The Morgan fingerprint density at radius 3 is 2.36 bits per heavy atom. The van der Waals surface area contributed by atoms with Gasteiger partial charge in [0.05, 0.1) is 0 Å². The molecule has 0 saturated carbocycles. The van der Waals surface area contributed by atoms with Gasteiger partial charge in [-0.05, 0) is 19.4 Å². The highest BCUT2D eigenvalue weighted by Gasteiger charge is 2.20. The number of nitrogens with zero attached hydrogens (tertiary/aromatic N) is 1. The SMILES string of the molecule is O=C(O)C1CCCN1.O=NO. The van der Waals surface area contributed by atoms with E-state index in [1.54, 1.807) is 0 Å². The zero-order chi connectivity index (χ0) is 8.69. The highest BCUT2D eigenvalue weighted by Crippen LogP contribution is 2.03. The van der Waals surface area contributed by atoms with E-state index in [-0.39, 0.29) is 6.04 Å². The Bertz CT molecular complexity index is 132. The summed E-state index contributed by atoms with van der Waals surface area (Å²) in [7, 11) is 0. The lowest BCUT2D eigenvalue weighted by atomic mass is 10.2. The molecule has 1 rings (SSSR count). The van der Waals surface area contributed by atoms with Crippen LogP contribution in [0.2, 0.25) is 0 Å². The van der Waals surface area contributed by atoms with Gasteiger partial charge >= 0.3 is 5.97 Å². The van der Waals surface area contributed by atoms with E-state index in [2.05, 4.69) is 5.32 Å². The van der Waals surface area contributed by atoms with Gasteiger partial charge in [0, 0.05) is 0 Å². The summed E-state index contributed by atoms with van der Waals surface area (Å²) in [6.07, 6.45) is 1.78. The van der Waals surface area contributed by atoms with Crippen molar-refractivity contribution in [1.82, 2.24) is 5.32 Å². The molecule has 1 aliphatic rings. The molecule has 1 heterocycles. The maximum atomic E-state index is 10.1. The smallest absolute Gasteiger partial charge is 0.320 e. The Hall–Kier alpha value is -1.17. The van der Waals surface area contributed by atoms with Crippen LogP contribution >= 0.6 is 0 Å². The fourth-order valence-corrected chi connectivity index (χ4v) is 0.895. The molecular formula is C5H10N2O4. The second kappa shape index (κ2) is 5.60. The van der Waals surface area contributed by atoms with E-state index in [9.17, 15) is 4.79 Å². The molecule has 0 aromatic heterocycles. The summed E-state index contributed by atoms with van der Waals surface area (Å²) in [5, 5.41) is 19.1. The normalized spacial score (nSPS) is 21.6. The Kier molecular flexibility index (Phi) is 5.01. The van der Waals surface area contributed by atoms with Gasteiger partial charge in [-0.3, -0.25) is 4.79 Å². The van der Waals surface area contributed by atoms with Crippen LogP contribution in [0, 0.1) is 4.91 Å². The summed E-state index contributed by atoms with van der Waals surface area (Å²) >= 11 is 0. The van der Waals surface area contributed by atoms with Gasteiger partial charge in [-0.15, -0.1) is 4.91 Å². The minimum atomic E-state index is -0.720. The first-order valence-corrected chi connectivity index (χ1v) is 3.15. The van der Waals surface area contributed by atoms with Crippen molar-refractivity contribution in [3.05, 3.63) is 4.91 Å². The predicted octanol–water partition coefficient (Wildman–Crippen LogP) is -0.0350. The van der Waals surface area contributed by atoms with Gasteiger partial charge in [-0.25, -0.2) is 0 Å². The molecule has 1 atom stereocenters. The van der Waals surface area contributed by atoms with E-state index in [1.165, 1.54) is 5.34 Å². The molecule has 0 amide bonds. The number of carboxylic acid groups (broad SMARTS) is 1. The molecule has 1 saturated heterocycles. The first-order chi connectivity index (χ1) is 5.22. The summed E-state index contributed by atoms with van der Waals surface area (Å²) in [4.78, 5) is 18.3. The standard InChI is InChI=1S/C5H9NO2.HNO2/c7-5(8)4-2-1-3-6-4;2-1-3/h4,6H,1-3H2,(H,7,8);(H,2,3). The second-order valence-corrected chi connectivity index (χ2v) is 2.07. The van der Waals surface area contributed by atoms with Gasteiger partial charge in [0.15, 0.2) is 5.34 Å². The highest BCUT2D eigenvalue weighted by molar-refractivity contribution is 5.73. The number of hydrogen-bond acceptors (Lipinski definition) is 4. The average molecular weight is 162 g/mol. The van der Waals surface area contributed by atoms with Crippen LogP contribution in [-0.2, 0) is 4.79 Å². The van der Waals surface area contributed by atoms with E-state index < -0.39 is 5.97 Å². The molecule has 1 unspecified atom stereocenters. The first-order valence-electron chi connectivity index (χ1n) is 3.15. The van der Waals surface area contributed by atoms with Gasteiger partial charge in [0.2, 0.25) is 0 Å². The van der Waals surface area contributed by atoms with Gasteiger partial charge in [0.1, 0.15) is 6.04 Å². The fraction of sp³-hybridized carbons (Fsp3) is 0.800. The van der Waals surface area contributed by atoms with E-state index in [4.69, 9.17) is 15.2 Å². The number of aliphatic carboxylic acids is 1. The van der Waals surface area contributed by atoms with E-state index in [0.29, 0.717) is 0 Å². The zero-order valence-corrected chi connectivity index (χ0v) is 5.86. The van der Waals surface area contributed by atoms with Gasteiger partial charge in [0.25, 0.3) is 0 Å². The van der Waals surface area contributed by atoms with E-state index in [1.807, 2.05) is 0 Å². The summed E-state index contributed by atoms with van der Waals surface area (Å²) in [5.41, 5.74) is 0. The molecule has 3 N–H and O–H groups in total.